The van der Waals surface area contributed by atoms with Crippen LogP contribution in [0.15, 0.2) is 17.5 Å². The normalized spacial score (nSPS) is 18.8. The predicted octanol–water partition coefficient (Wildman–Crippen LogP) is 2.35. The van der Waals surface area contributed by atoms with Crippen molar-refractivity contribution in [3.63, 3.8) is 0 Å². The molecule has 8 heteroatoms. The van der Waals surface area contributed by atoms with Crippen LogP contribution in [0, 0.1) is 0 Å². The molecule has 0 bridgehead atoms. The molecule has 0 spiro atoms. The number of hydrogen-bond donors (Lipinski definition) is 1. The summed E-state index contributed by atoms with van der Waals surface area (Å²) in [5, 5.41) is 4.61. The van der Waals surface area contributed by atoms with Crippen LogP contribution >= 0.6 is 11.3 Å². The van der Waals surface area contributed by atoms with E-state index in [-0.39, 0.29) is 18.9 Å². The molecule has 1 saturated heterocycles. The zero-order chi connectivity index (χ0) is 16.2. The standard InChI is InChI=1S/C14H17F3N2O2S/c15-14(16,17)9-19-8-10(7-13(19)21)18-12(20)5-1-3-11-4-2-6-22-11/h2,4,6,10H,1,3,5,7-9H2,(H,18,20)/t10-/m0/s1. The Morgan fingerprint density at radius 1 is 1.45 bits per heavy atom. The molecular weight excluding hydrogens is 317 g/mol. The summed E-state index contributed by atoms with van der Waals surface area (Å²) >= 11 is 1.62. The number of nitrogens with zero attached hydrogens (tertiary/aromatic N) is 1. The molecule has 2 rings (SSSR count). The largest absolute Gasteiger partial charge is 0.406 e. The van der Waals surface area contributed by atoms with E-state index >= 15 is 0 Å². The second-order valence-electron chi connectivity index (χ2n) is 5.29. The topological polar surface area (TPSA) is 49.4 Å². The van der Waals surface area contributed by atoms with E-state index in [0.717, 1.165) is 11.3 Å². The molecule has 1 aliphatic heterocycles. The number of hydrogen-bond acceptors (Lipinski definition) is 3. The van der Waals surface area contributed by atoms with Gasteiger partial charge in [-0.2, -0.15) is 13.2 Å². The van der Waals surface area contributed by atoms with Crippen molar-refractivity contribution in [3.05, 3.63) is 22.4 Å². The Kier molecular flexibility index (Phi) is 5.44. The minimum atomic E-state index is -4.41. The number of halogens is 3. The molecule has 4 nitrogen and oxygen atoms in total. The number of carbonyl (C=O) groups excluding carboxylic acids is 2. The van der Waals surface area contributed by atoms with Crippen LogP contribution < -0.4 is 5.32 Å². The smallest absolute Gasteiger partial charge is 0.351 e. The fraction of sp³-hybridized carbons (Fsp3) is 0.571. The van der Waals surface area contributed by atoms with Crippen molar-refractivity contribution in [1.29, 1.82) is 0 Å². The summed E-state index contributed by atoms with van der Waals surface area (Å²) < 4.78 is 36.9. The van der Waals surface area contributed by atoms with Gasteiger partial charge in [0.2, 0.25) is 11.8 Å². The molecular formula is C14H17F3N2O2S. The third-order valence-electron chi connectivity index (χ3n) is 3.36. The quantitative estimate of drug-likeness (QED) is 0.868. The highest BCUT2D eigenvalue weighted by molar-refractivity contribution is 7.09. The van der Waals surface area contributed by atoms with Gasteiger partial charge in [0.25, 0.3) is 0 Å². The Bertz CT molecular complexity index is 517. The summed E-state index contributed by atoms with van der Waals surface area (Å²) in [5.41, 5.74) is 0. The van der Waals surface area contributed by atoms with E-state index in [1.165, 1.54) is 4.88 Å². The van der Waals surface area contributed by atoms with Gasteiger partial charge in [-0.15, -0.1) is 11.3 Å². The fourth-order valence-corrected chi connectivity index (χ4v) is 3.17. The number of nitrogens with one attached hydrogen (secondary N) is 1. The average Bonchev–Trinajstić information content (AvgIpc) is 2.99. The van der Waals surface area contributed by atoms with Crippen LogP contribution in [0.2, 0.25) is 0 Å². The lowest BCUT2D eigenvalue weighted by atomic mass is 10.2. The van der Waals surface area contributed by atoms with Crippen LogP contribution in [0.25, 0.3) is 0 Å². The molecule has 1 aromatic rings. The van der Waals surface area contributed by atoms with E-state index in [1.54, 1.807) is 11.3 Å². The summed E-state index contributed by atoms with van der Waals surface area (Å²) in [7, 11) is 0. The maximum absolute atomic E-state index is 12.3. The first-order valence-electron chi connectivity index (χ1n) is 7.00. The van der Waals surface area contributed by atoms with Crippen molar-refractivity contribution in [2.45, 2.75) is 37.9 Å². The highest BCUT2D eigenvalue weighted by Gasteiger charge is 2.38. The van der Waals surface area contributed by atoms with Crippen LogP contribution in [-0.2, 0) is 16.0 Å². The SMILES string of the molecule is O=C(CCCc1cccs1)N[C@H]1CC(=O)N(CC(F)(F)F)C1. The van der Waals surface area contributed by atoms with E-state index < -0.39 is 24.7 Å². The molecule has 1 aliphatic rings. The molecule has 0 aliphatic carbocycles. The first-order valence-corrected chi connectivity index (χ1v) is 7.88. The number of rotatable bonds is 6. The summed E-state index contributed by atoms with van der Waals surface area (Å²) in [4.78, 5) is 25.2. The van der Waals surface area contributed by atoms with E-state index in [9.17, 15) is 22.8 Å². The molecule has 122 valence electrons. The number of amides is 2. The first-order chi connectivity index (χ1) is 10.3. The molecule has 1 aromatic heterocycles. The average molecular weight is 334 g/mol. The Labute approximate surface area is 130 Å². The van der Waals surface area contributed by atoms with Gasteiger partial charge in [-0.3, -0.25) is 9.59 Å². The number of alkyl halides is 3. The van der Waals surface area contributed by atoms with Crippen molar-refractivity contribution >= 4 is 23.2 Å². The molecule has 1 N–H and O–H groups in total. The van der Waals surface area contributed by atoms with Crippen molar-refractivity contribution in [1.82, 2.24) is 10.2 Å². The van der Waals surface area contributed by atoms with Crippen LogP contribution in [0.5, 0.6) is 0 Å². The number of likely N-dealkylation sites (tertiary alicyclic amines) is 1. The monoisotopic (exact) mass is 334 g/mol. The zero-order valence-corrected chi connectivity index (χ0v) is 12.7. The van der Waals surface area contributed by atoms with Gasteiger partial charge in [0, 0.05) is 24.3 Å². The van der Waals surface area contributed by atoms with Crippen molar-refractivity contribution in [2.75, 3.05) is 13.1 Å². The molecule has 1 fully saturated rings. The molecule has 0 aromatic carbocycles. The minimum Gasteiger partial charge on any atom is -0.351 e. The van der Waals surface area contributed by atoms with Gasteiger partial charge in [0.1, 0.15) is 6.54 Å². The second-order valence-corrected chi connectivity index (χ2v) is 6.32. The number of thiophene rings is 1. The maximum Gasteiger partial charge on any atom is 0.406 e. The minimum absolute atomic E-state index is 0.0628. The van der Waals surface area contributed by atoms with E-state index in [1.807, 2.05) is 17.5 Å². The van der Waals surface area contributed by atoms with Crippen LogP contribution in [0.4, 0.5) is 13.2 Å². The van der Waals surface area contributed by atoms with Crippen LogP contribution in [0.3, 0.4) is 0 Å². The zero-order valence-electron chi connectivity index (χ0n) is 11.9. The summed E-state index contributed by atoms with van der Waals surface area (Å²) in [5.74, 6) is -0.788. The van der Waals surface area contributed by atoms with Crippen molar-refractivity contribution in [3.8, 4) is 0 Å². The molecule has 0 unspecified atom stereocenters. The van der Waals surface area contributed by atoms with Crippen LogP contribution in [-0.4, -0.2) is 42.0 Å². The third-order valence-corrected chi connectivity index (χ3v) is 4.29. The molecule has 0 radical (unpaired) electrons. The van der Waals surface area contributed by atoms with Gasteiger partial charge in [-0.1, -0.05) is 6.07 Å². The van der Waals surface area contributed by atoms with Crippen molar-refractivity contribution < 1.29 is 22.8 Å². The second kappa shape index (κ2) is 7.13. The van der Waals surface area contributed by atoms with E-state index in [0.29, 0.717) is 12.8 Å². The highest BCUT2D eigenvalue weighted by Crippen LogP contribution is 2.21. The molecule has 1 atom stereocenters. The summed E-state index contributed by atoms with van der Waals surface area (Å²) in [6.07, 6.45) is -2.68. The lowest BCUT2D eigenvalue weighted by Crippen LogP contribution is -2.39. The number of carbonyl (C=O) groups is 2. The Morgan fingerprint density at radius 3 is 2.86 bits per heavy atom. The van der Waals surface area contributed by atoms with Gasteiger partial charge >= 0.3 is 6.18 Å². The van der Waals surface area contributed by atoms with Gasteiger partial charge in [-0.05, 0) is 24.3 Å². The third kappa shape index (κ3) is 5.32. The van der Waals surface area contributed by atoms with Gasteiger partial charge in [-0.25, -0.2) is 0 Å². The Hall–Kier alpha value is -1.57. The predicted molar refractivity (Wildman–Crippen MR) is 76.4 cm³/mol. The molecule has 22 heavy (non-hydrogen) atoms. The lowest BCUT2D eigenvalue weighted by molar-refractivity contribution is -0.157. The molecule has 0 saturated carbocycles. The van der Waals surface area contributed by atoms with Crippen molar-refractivity contribution in [2.24, 2.45) is 0 Å². The Morgan fingerprint density at radius 2 is 2.23 bits per heavy atom. The first kappa shape index (κ1) is 16.8. The molecule has 2 heterocycles. The molecule has 2 amide bonds. The van der Waals surface area contributed by atoms with Gasteiger partial charge in [0.15, 0.2) is 0 Å². The van der Waals surface area contributed by atoms with Gasteiger partial charge in [0.05, 0.1) is 6.04 Å². The highest BCUT2D eigenvalue weighted by atomic mass is 32.1. The fourth-order valence-electron chi connectivity index (χ4n) is 2.42. The van der Waals surface area contributed by atoms with E-state index in [2.05, 4.69) is 5.32 Å². The number of aryl methyl sites for hydroxylation is 1. The van der Waals surface area contributed by atoms with E-state index in [4.69, 9.17) is 0 Å². The summed E-state index contributed by atoms with van der Waals surface area (Å²) in [6, 6.07) is 3.41. The summed E-state index contributed by atoms with van der Waals surface area (Å²) in [6.45, 7) is -1.33. The lowest BCUT2D eigenvalue weighted by Gasteiger charge is -2.18. The van der Waals surface area contributed by atoms with Gasteiger partial charge < -0.3 is 10.2 Å². The Balaban J connectivity index is 1.70. The maximum atomic E-state index is 12.3. The van der Waals surface area contributed by atoms with Crippen LogP contribution in [0.1, 0.15) is 24.1 Å².